The molecule has 22 heavy (non-hydrogen) atoms. The van der Waals surface area contributed by atoms with E-state index in [1.54, 1.807) is 0 Å². The molecule has 0 atom stereocenters. The Labute approximate surface area is 172 Å². The third kappa shape index (κ3) is 6.31. The summed E-state index contributed by atoms with van der Waals surface area (Å²) in [6, 6.07) is 1.14. The van der Waals surface area contributed by atoms with Crippen LogP contribution in [0.4, 0.5) is 0 Å². The fourth-order valence-corrected chi connectivity index (χ4v) is 1.37. The zero-order valence-corrected chi connectivity index (χ0v) is 12.4. The largest absolute Gasteiger partial charge is 1.00 e. The summed E-state index contributed by atoms with van der Waals surface area (Å²) in [5.41, 5.74) is -4.73. The molecule has 12 heteroatoms. The zero-order valence-electron chi connectivity index (χ0n) is 12.4. The summed E-state index contributed by atoms with van der Waals surface area (Å²) in [4.78, 5) is 42.6. The van der Waals surface area contributed by atoms with Gasteiger partial charge in [0.15, 0.2) is 0 Å². The van der Waals surface area contributed by atoms with Crippen LogP contribution in [0.15, 0.2) is 12.1 Å². The van der Waals surface area contributed by atoms with Crippen molar-refractivity contribution in [1.82, 2.24) is 0 Å². The van der Waals surface area contributed by atoms with E-state index in [4.69, 9.17) is 0 Å². The molecular formula is C10H2Li4O8. The van der Waals surface area contributed by atoms with Crippen molar-refractivity contribution in [2.45, 2.75) is 0 Å². The van der Waals surface area contributed by atoms with Crippen LogP contribution >= 0.6 is 0 Å². The van der Waals surface area contributed by atoms with E-state index < -0.39 is 46.1 Å². The number of hydrogen-bond donors (Lipinski definition) is 0. The predicted octanol–water partition coefficient (Wildman–Crippen LogP) is -16.8. The molecule has 0 aliphatic rings. The maximum atomic E-state index is 10.7. The van der Waals surface area contributed by atoms with Crippen LogP contribution in [0.5, 0.6) is 0 Å². The van der Waals surface area contributed by atoms with E-state index in [9.17, 15) is 39.6 Å². The van der Waals surface area contributed by atoms with Crippen molar-refractivity contribution in [2.24, 2.45) is 0 Å². The van der Waals surface area contributed by atoms with Crippen molar-refractivity contribution in [3.05, 3.63) is 34.4 Å². The van der Waals surface area contributed by atoms with Crippen LogP contribution in [0.25, 0.3) is 0 Å². The van der Waals surface area contributed by atoms with Crippen LogP contribution in [0.1, 0.15) is 41.4 Å². The number of aromatic carboxylic acids is 4. The fraction of sp³-hybridized carbons (Fsp3) is 0. The fourth-order valence-electron chi connectivity index (χ4n) is 1.37. The van der Waals surface area contributed by atoms with Crippen molar-refractivity contribution in [1.29, 1.82) is 0 Å². The van der Waals surface area contributed by atoms with Crippen molar-refractivity contribution >= 4 is 23.9 Å². The molecule has 94 valence electrons. The SMILES string of the molecule is O=C([O-])c1ccc(C(=O)[O-])c(C(=O)[O-])c1C(=O)[O-].[Li+].[Li+].[Li+].[Li+]. The minimum atomic E-state index is -2.18. The van der Waals surface area contributed by atoms with E-state index in [2.05, 4.69) is 0 Å². The van der Waals surface area contributed by atoms with Gasteiger partial charge in [0.1, 0.15) is 0 Å². The monoisotopic (exact) mass is 278 g/mol. The van der Waals surface area contributed by atoms with Gasteiger partial charge in [0, 0.05) is 22.3 Å². The van der Waals surface area contributed by atoms with Gasteiger partial charge in [-0.15, -0.1) is 0 Å². The van der Waals surface area contributed by atoms with Crippen molar-refractivity contribution in [2.75, 3.05) is 0 Å². The van der Waals surface area contributed by atoms with Gasteiger partial charge in [0.2, 0.25) is 0 Å². The molecule has 0 spiro atoms. The van der Waals surface area contributed by atoms with Crippen LogP contribution in [-0.4, -0.2) is 23.9 Å². The Morgan fingerprint density at radius 2 is 0.773 bits per heavy atom. The van der Waals surface area contributed by atoms with Gasteiger partial charge in [-0.05, 0) is 0 Å². The molecule has 0 amide bonds. The first-order valence-corrected chi connectivity index (χ1v) is 4.29. The van der Waals surface area contributed by atoms with Gasteiger partial charge in [-0.2, -0.15) is 0 Å². The quantitative estimate of drug-likeness (QED) is 0.490. The van der Waals surface area contributed by atoms with E-state index >= 15 is 0 Å². The van der Waals surface area contributed by atoms with Gasteiger partial charge in [-0.25, -0.2) is 0 Å². The van der Waals surface area contributed by atoms with Gasteiger partial charge in [0.25, 0.3) is 0 Å². The summed E-state index contributed by atoms with van der Waals surface area (Å²) in [5, 5.41) is 42.6. The summed E-state index contributed by atoms with van der Waals surface area (Å²) in [7, 11) is 0. The summed E-state index contributed by atoms with van der Waals surface area (Å²) < 4.78 is 0. The molecule has 0 radical (unpaired) electrons. The summed E-state index contributed by atoms with van der Waals surface area (Å²) in [6.45, 7) is 0. The first kappa shape index (κ1) is 29.5. The minimum absolute atomic E-state index is 0. The third-order valence-electron chi connectivity index (χ3n) is 2.05. The Bertz CT molecular complexity index is 536. The Morgan fingerprint density at radius 1 is 0.545 bits per heavy atom. The maximum Gasteiger partial charge on any atom is 1.00 e. The molecule has 0 aromatic heterocycles. The standard InChI is InChI=1S/C10H6O8.4Li/c11-7(12)3-1-2-4(8(13)14)6(10(17)18)5(3)9(15)16;;;;/h1-2H,(H,11,12)(H,13,14)(H,15,16)(H,17,18);;;;/q;4*+1/p-4. The smallest absolute Gasteiger partial charge is 0.545 e. The summed E-state index contributed by atoms with van der Waals surface area (Å²) in [5.74, 6) is -8.36. The molecule has 0 saturated heterocycles. The molecule has 1 rings (SSSR count). The summed E-state index contributed by atoms with van der Waals surface area (Å²) >= 11 is 0. The zero-order chi connectivity index (χ0) is 14.0. The molecule has 0 fully saturated rings. The van der Waals surface area contributed by atoms with Gasteiger partial charge < -0.3 is 39.6 Å². The Morgan fingerprint density at radius 3 is 0.909 bits per heavy atom. The molecule has 0 aliphatic carbocycles. The normalized spacial score (nSPS) is 8.00. The van der Waals surface area contributed by atoms with Crippen LogP contribution in [-0.2, 0) is 0 Å². The van der Waals surface area contributed by atoms with Gasteiger partial charge in [0.05, 0.1) is 23.9 Å². The third-order valence-corrected chi connectivity index (χ3v) is 2.05. The van der Waals surface area contributed by atoms with E-state index in [-0.39, 0.29) is 75.4 Å². The second-order valence-electron chi connectivity index (χ2n) is 3.06. The molecule has 0 bridgehead atoms. The molecule has 1 aromatic carbocycles. The number of carboxylic acids is 4. The molecule has 1 aromatic rings. The minimum Gasteiger partial charge on any atom is -0.545 e. The molecule has 0 saturated carbocycles. The van der Waals surface area contributed by atoms with Crippen LogP contribution in [0.3, 0.4) is 0 Å². The van der Waals surface area contributed by atoms with Crippen molar-refractivity contribution < 1.29 is 115 Å². The van der Waals surface area contributed by atoms with E-state index in [1.165, 1.54) is 0 Å². The van der Waals surface area contributed by atoms with E-state index in [0.717, 1.165) is 0 Å². The van der Waals surface area contributed by atoms with Gasteiger partial charge in [-0.3, -0.25) is 0 Å². The average Bonchev–Trinajstić information content (AvgIpc) is 2.26. The van der Waals surface area contributed by atoms with E-state index in [1.807, 2.05) is 0 Å². The van der Waals surface area contributed by atoms with Crippen molar-refractivity contribution in [3.8, 4) is 0 Å². The Balaban J connectivity index is -0.000000405. The summed E-state index contributed by atoms with van der Waals surface area (Å²) in [6.07, 6.45) is 0. The first-order chi connectivity index (χ1) is 8.27. The average molecular weight is 278 g/mol. The van der Waals surface area contributed by atoms with Crippen LogP contribution < -0.4 is 95.9 Å². The Hall–Kier alpha value is -0.510. The molecule has 0 N–H and O–H groups in total. The predicted molar refractivity (Wildman–Crippen MR) is 43.8 cm³/mol. The Kier molecular flexibility index (Phi) is 16.1. The van der Waals surface area contributed by atoms with Crippen molar-refractivity contribution in [3.63, 3.8) is 0 Å². The van der Waals surface area contributed by atoms with Gasteiger partial charge in [-0.1, -0.05) is 12.1 Å². The number of carboxylic acid groups (broad SMARTS) is 4. The number of carbonyl (C=O) groups is 4. The van der Waals surface area contributed by atoms with E-state index in [0.29, 0.717) is 12.1 Å². The second kappa shape index (κ2) is 12.0. The molecule has 0 heterocycles. The van der Waals surface area contributed by atoms with Crippen LogP contribution in [0, 0.1) is 0 Å². The molecular weight excluding hydrogens is 276 g/mol. The topological polar surface area (TPSA) is 161 Å². The maximum absolute atomic E-state index is 10.7. The molecule has 0 aliphatic heterocycles. The number of rotatable bonds is 4. The van der Waals surface area contributed by atoms with Gasteiger partial charge >= 0.3 is 75.4 Å². The molecule has 8 nitrogen and oxygen atoms in total. The number of benzene rings is 1. The number of hydrogen-bond acceptors (Lipinski definition) is 8. The first-order valence-electron chi connectivity index (χ1n) is 4.29. The van der Waals surface area contributed by atoms with Crippen LogP contribution in [0.2, 0.25) is 0 Å². The second-order valence-corrected chi connectivity index (χ2v) is 3.06. The molecule has 0 unspecified atom stereocenters. The number of carbonyl (C=O) groups excluding carboxylic acids is 4.